The molecule has 3 nitrogen and oxygen atoms in total. The number of carbonyl (C=O) groups excluding carboxylic acids is 1. The fourth-order valence-corrected chi connectivity index (χ4v) is 0.476. The second-order valence-electron chi connectivity index (χ2n) is 1.58. The van der Waals surface area contributed by atoms with Crippen LogP contribution in [0.2, 0.25) is 0 Å². The lowest BCUT2D eigenvalue weighted by molar-refractivity contribution is 0.171. The number of unbranched alkanes of at least 4 members (excludes halogenated alkanes) is 1. The molecule has 0 aromatic heterocycles. The van der Waals surface area contributed by atoms with E-state index in [2.05, 4.69) is 4.74 Å². The molecule has 0 rings (SSSR count). The summed E-state index contributed by atoms with van der Waals surface area (Å²) >= 11 is 4.86. The smallest absolute Gasteiger partial charge is 0.403 e. The summed E-state index contributed by atoms with van der Waals surface area (Å²) in [5.41, 5.74) is 4.43. The van der Waals surface area contributed by atoms with E-state index in [0.717, 1.165) is 12.8 Å². The number of ether oxygens (including phenoxy) is 1. The summed E-state index contributed by atoms with van der Waals surface area (Å²) in [6, 6.07) is 0. The first kappa shape index (κ1) is 8.72. The first-order valence-corrected chi connectivity index (χ1v) is 3.17. The third-order valence-electron chi connectivity index (χ3n) is 0.814. The third kappa shape index (κ3) is 7.72. The van der Waals surface area contributed by atoms with Crippen LogP contribution in [0.5, 0.6) is 0 Å². The summed E-state index contributed by atoms with van der Waals surface area (Å²) in [7, 11) is 0. The SMILES string of the molecule is NCCCCOC(=O)Cl. The molecule has 0 aromatic rings. The second kappa shape index (κ2) is 5.85. The molecule has 0 atom stereocenters. The predicted octanol–water partition coefficient (Wildman–Crippen LogP) is 1.10. The van der Waals surface area contributed by atoms with Gasteiger partial charge in [0.1, 0.15) is 0 Å². The fraction of sp³-hybridized carbons (Fsp3) is 0.800. The van der Waals surface area contributed by atoms with Gasteiger partial charge in [0.15, 0.2) is 0 Å². The zero-order chi connectivity index (χ0) is 7.11. The molecular weight excluding hydrogens is 142 g/mol. The first-order valence-electron chi connectivity index (χ1n) is 2.79. The first-order chi connectivity index (χ1) is 4.27. The molecule has 9 heavy (non-hydrogen) atoms. The molecule has 0 fully saturated rings. The Morgan fingerprint density at radius 3 is 2.67 bits per heavy atom. The Morgan fingerprint density at radius 1 is 1.56 bits per heavy atom. The van der Waals surface area contributed by atoms with Crippen LogP contribution in [0.4, 0.5) is 4.79 Å². The van der Waals surface area contributed by atoms with Gasteiger partial charge in [-0.3, -0.25) is 0 Å². The van der Waals surface area contributed by atoms with Crippen LogP contribution >= 0.6 is 11.6 Å². The van der Waals surface area contributed by atoms with Crippen LogP contribution in [0.1, 0.15) is 12.8 Å². The molecule has 0 saturated heterocycles. The maximum atomic E-state index is 9.92. The van der Waals surface area contributed by atoms with Crippen molar-refractivity contribution in [2.45, 2.75) is 12.8 Å². The van der Waals surface area contributed by atoms with E-state index in [-0.39, 0.29) is 0 Å². The molecular formula is C5H10ClNO2. The van der Waals surface area contributed by atoms with Crippen molar-refractivity contribution in [1.29, 1.82) is 0 Å². The molecule has 4 heteroatoms. The van der Waals surface area contributed by atoms with E-state index >= 15 is 0 Å². The lowest BCUT2D eigenvalue weighted by Gasteiger charge is -1.96. The molecule has 0 bridgehead atoms. The van der Waals surface area contributed by atoms with Crippen molar-refractivity contribution in [1.82, 2.24) is 0 Å². The highest BCUT2D eigenvalue weighted by atomic mass is 35.5. The Balaban J connectivity index is 2.83. The summed E-state index contributed by atoms with van der Waals surface area (Å²) in [6.45, 7) is 0.999. The maximum absolute atomic E-state index is 9.92. The molecule has 0 aromatic carbocycles. The maximum Gasteiger partial charge on any atom is 0.403 e. The number of halogens is 1. The predicted molar refractivity (Wildman–Crippen MR) is 35.5 cm³/mol. The van der Waals surface area contributed by atoms with Crippen LogP contribution in [-0.4, -0.2) is 18.6 Å². The summed E-state index contributed by atoms with van der Waals surface area (Å²) in [6.07, 6.45) is 1.65. The van der Waals surface area contributed by atoms with Gasteiger partial charge in [0.25, 0.3) is 0 Å². The molecule has 0 saturated carbocycles. The topological polar surface area (TPSA) is 52.3 Å². The van der Waals surface area contributed by atoms with Gasteiger partial charge in [-0.2, -0.15) is 0 Å². The van der Waals surface area contributed by atoms with Crippen LogP contribution in [0.25, 0.3) is 0 Å². The molecule has 2 N–H and O–H groups in total. The van der Waals surface area contributed by atoms with Crippen LogP contribution in [0.3, 0.4) is 0 Å². The van der Waals surface area contributed by atoms with Crippen molar-refractivity contribution >= 4 is 17.0 Å². The fourth-order valence-electron chi connectivity index (χ4n) is 0.399. The monoisotopic (exact) mass is 151 g/mol. The van der Waals surface area contributed by atoms with E-state index in [0.29, 0.717) is 13.2 Å². The van der Waals surface area contributed by atoms with Crippen molar-refractivity contribution in [3.8, 4) is 0 Å². The van der Waals surface area contributed by atoms with Crippen LogP contribution in [0.15, 0.2) is 0 Å². The van der Waals surface area contributed by atoms with Gasteiger partial charge in [0.05, 0.1) is 6.61 Å². The zero-order valence-electron chi connectivity index (χ0n) is 5.10. The minimum atomic E-state index is -0.743. The Hall–Kier alpha value is -0.280. The van der Waals surface area contributed by atoms with Crippen molar-refractivity contribution in [3.63, 3.8) is 0 Å². The van der Waals surface area contributed by atoms with E-state index in [4.69, 9.17) is 17.3 Å². The van der Waals surface area contributed by atoms with Gasteiger partial charge in [-0.1, -0.05) is 0 Å². The second-order valence-corrected chi connectivity index (χ2v) is 1.89. The third-order valence-corrected chi connectivity index (χ3v) is 0.923. The summed E-state index contributed by atoms with van der Waals surface area (Å²) in [5, 5.41) is 0. The van der Waals surface area contributed by atoms with Crippen molar-refractivity contribution < 1.29 is 9.53 Å². The van der Waals surface area contributed by atoms with E-state index in [1.807, 2.05) is 0 Å². The summed E-state index contributed by atoms with van der Waals surface area (Å²) < 4.78 is 4.41. The highest BCUT2D eigenvalue weighted by Gasteiger charge is 1.92. The number of nitrogens with two attached hydrogens (primary N) is 1. The van der Waals surface area contributed by atoms with Crippen molar-refractivity contribution in [3.05, 3.63) is 0 Å². The molecule has 0 spiro atoms. The van der Waals surface area contributed by atoms with Gasteiger partial charge in [0.2, 0.25) is 0 Å². The van der Waals surface area contributed by atoms with E-state index in [1.54, 1.807) is 0 Å². The Morgan fingerprint density at radius 2 is 2.22 bits per heavy atom. The van der Waals surface area contributed by atoms with Crippen LogP contribution in [-0.2, 0) is 4.74 Å². The average Bonchev–Trinajstić information content (AvgIpc) is 1.80. The lowest BCUT2D eigenvalue weighted by Crippen LogP contribution is -2.02. The molecule has 0 amide bonds. The average molecular weight is 152 g/mol. The van der Waals surface area contributed by atoms with Gasteiger partial charge in [-0.05, 0) is 19.4 Å². The minimum absolute atomic E-state index is 0.375. The van der Waals surface area contributed by atoms with Crippen LogP contribution < -0.4 is 5.73 Å². The molecule has 0 unspecified atom stereocenters. The van der Waals surface area contributed by atoms with Gasteiger partial charge in [-0.15, -0.1) is 0 Å². The van der Waals surface area contributed by atoms with Crippen molar-refractivity contribution in [2.24, 2.45) is 5.73 Å². The quantitative estimate of drug-likeness (QED) is 0.484. The van der Waals surface area contributed by atoms with Crippen LogP contribution in [0, 0.1) is 0 Å². The zero-order valence-corrected chi connectivity index (χ0v) is 5.86. The highest BCUT2D eigenvalue weighted by Crippen LogP contribution is 1.91. The minimum Gasteiger partial charge on any atom is -0.454 e. The number of rotatable bonds is 4. The summed E-state index contributed by atoms with van der Waals surface area (Å²) in [5.74, 6) is 0. The molecule has 0 aliphatic rings. The molecule has 54 valence electrons. The van der Waals surface area contributed by atoms with Crippen molar-refractivity contribution in [2.75, 3.05) is 13.2 Å². The molecule has 0 aliphatic heterocycles. The normalized spacial score (nSPS) is 9.11. The van der Waals surface area contributed by atoms with E-state index < -0.39 is 5.43 Å². The van der Waals surface area contributed by atoms with Gasteiger partial charge < -0.3 is 10.5 Å². The Kier molecular flexibility index (Phi) is 5.67. The number of hydrogen-bond donors (Lipinski definition) is 1. The van der Waals surface area contributed by atoms with E-state index in [1.165, 1.54) is 0 Å². The largest absolute Gasteiger partial charge is 0.454 e. The van der Waals surface area contributed by atoms with E-state index in [9.17, 15) is 4.79 Å². The highest BCUT2D eigenvalue weighted by molar-refractivity contribution is 6.61. The van der Waals surface area contributed by atoms with Gasteiger partial charge in [-0.25, -0.2) is 4.79 Å². The molecule has 0 radical (unpaired) electrons. The molecule has 0 aliphatic carbocycles. The number of carbonyl (C=O) groups is 1. The van der Waals surface area contributed by atoms with Gasteiger partial charge in [0, 0.05) is 11.6 Å². The Bertz CT molecular complexity index is 87.0. The van der Waals surface area contributed by atoms with Gasteiger partial charge >= 0.3 is 5.43 Å². The lowest BCUT2D eigenvalue weighted by atomic mass is 10.3. The standard InChI is InChI=1S/C5H10ClNO2/c6-5(8)9-4-2-1-3-7/h1-4,7H2. The summed E-state index contributed by atoms with van der Waals surface area (Å²) in [4.78, 5) is 9.92. The molecule has 0 heterocycles. The Labute approximate surface area is 59.1 Å². The number of hydrogen-bond acceptors (Lipinski definition) is 3.